The number of rotatable bonds is 0. The summed E-state index contributed by atoms with van der Waals surface area (Å²) in [5.41, 5.74) is 0.545. The van der Waals surface area contributed by atoms with Crippen LogP contribution >= 0.6 is 0 Å². The lowest BCUT2D eigenvalue weighted by Gasteiger charge is -2.44. The first-order valence-corrected chi connectivity index (χ1v) is 4.74. The fraction of sp³-hybridized carbons (Fsp3) is 1.00. The van der Waals surface area contributed by atoms with E-state index in [4.69, 9.17) is 4.74 Å². The Hall–Kier alpha value is -0.0800. The van der Waals surface area contributed by atoms with Gasteiger partial charge in [-0.25, -0.2) is 0 Å². The van der Waals surface area contributed by atoms with E-state index >= 15 is 0 Å². The van der Waals surface area contributed by atoms with Gasteiger partial charge in [0, 0.05) is 18.7 Å². The molecular formula is C9H17NO. The highest BCUT2D eigenvalue weighted by atomic mass is 16.5. The van der Waals surface area contributed by atoms with Gasteiger partial charge in [0.2, 0.25) is 0 Å². The Morgan fingerprint density at radius 1 is 1.00 bits per heavy atom. The fourth-order valence-corrected chi connectivity index (χ4v) is 2.12. The van der Waals surface area contributed by atoms with Gasteiger partial charge in [0.25, 0.3) is 0 Å². The third-order valence-electron chi connectivity index (χ3n) is 3.00. The summed E-state index contributed by atoms with van der Waals surface area (Å²) in [6.07, 6.45) is 6.79. The highest BCUT2D eigenvalue weighted by molar-refractivity contribution is 4.95. The average Bonchev–Trinajstić information content (AvgIpc) is 1.82. The van der Waals surface area contributed by atoms with Crippen molar-refractivity contribution in [2.24, 2.45) is 0 Å². The first kappa shape index (κ1) is 7.56. The molecule has 1 saturated heterocycles. The maximum atomic E-state index is 5.37. The third kappa shape index (κ3) is 1.57. The van der Waals surface area contributed by atoms with Crippen molar-refractivity contribution in [2.75, 3.05) is 19.8 Å². The normalized spacial score (nSPS) is 30.5. The molecule has 2 rings (SSSR count). The molecule has 2 nitrogen and oxygen atoms in total. The predicted octanol–water partition coefficient (Wildman–Crippen LogP) is 1.31. The van der Waals surface area contributed by atoms with Gasteiger partial charge in [0.1, 0.15) is 0 Å². The van der Waals surface area contributed by atoms with E-state index in [1.165, 1.54) is 32.1 Å². The van der Waals surface area contributed by atoms with E-state index in [1.807, 2.05) is 0 Å². The highest BCUT2D eigenvalue weighted by Gasteiger charge is 2.35. The van der Waals surface area contributed by atoms with Gasteiger partial charge in [-0.1, -0.05) is 0 Å². The van der Waals surface area contributed by atoms with Crippen molar-refractivity contribution in [1.82, 2.24) is 5.32 Å². The predicted molar refractivity (Wildman–Crippen MR) is 44.6 cm³/mol. The van der Waals surface area contributed by atoms with Gasteiger partial charge in [-0.15, -0.1) is 0 Å². The van der Waals surface area contributed by atoms with Gasteiger partial charge in [-0.3, -0.25) is 0 Å². The largest absolute Gasteiger partial charge is 0.380 e. The molecule has 1 spiro atoms. The van der Waals surface area contributed by atoms with Crippen molar-refractivity contribution in [3.63, 3.8) is 0 Å². The zero-order valence-electron chi connectivity index (χ0n) is 7.07. The van der Waals surface area contributed by atoms with Gasteiger partial charge in [0.15, 0.2) is 0 Å². The molecule has 1 aliphatic heterocycles. The van der Waals surface area contributed by atoms with Crippen molar-refractivity contribution in [2.45, 2.75) is 37.6 Å². The second kappa shape index (κ2) is 3.11. The Kier molecular flexibility index (Phi) is 2.14. The van der Waals surface area contributed by atoms with Crippen molar-refractivity contribution >= 4 is 0 Å². The molecule has 1 saturated carbocycles. The van der Waals surface area contributed by atoms with Crippen molar-refractivity contribution in [3.8, 4) is 0 Å². The zero-order valence-corrected chi connectivity index (χ0v) is 7.07. The molecule has 11 heavy (non-hydrogen) atoms. The third-order valence-corrected chi connectivity index (χ3v) is 3.00. The molecule has 0 atom stereocenters. The molecule has 64 valence electrons. The fourth-order valence-electron chi connectivity index (χ4n) is 2.12. The standard InChI is InChI=1S/C9H17NO/c1-3-9(4-1)5-2-7-11-8-6-10-9/h10H,1-8H2. The molecule has 2 fully saturated rings. The lowest BCUT2D eigenvalue weighted by atomic mass is 9.73. The van der Waals surface area contributed by atoms with Crippen LogP contribution in [0, 0.1) is 0 Å². The summed E-state index contributed by atoms with van der Waals surface area (Å²) in [4.78, 5) is 0. The van der Waals surface area contributed by atoms with Crippen LogP contribution in [0.4, 0.5) is 0 Å². The van der Waals surface area contributed by atoms with E-state index < -0.39 is 0 Å². The Labute approximate surface area is 68.3 Å². The van der Waals surface area contributed by atoms with E-state index in [-0.39, 0.29) is 0 Å². The van der Waals surface area contributed by atoms with Gasteiger partial charge in [0.05, 0.1) is 6.61 Å². The molecule has 2 heteroatoms. The van der Waals surface area contributed by atoms with Gasteiger partial charge in [-0.05, 0) is 32.1 Å². The van der Waals surface area contributed by atoms with Gasteiger partial charge < -0.3 is 10.1 Å². The topological polar surface area (TPSA) is 21.3 Å². The Bertz CT molecular complexity index is 122. The first-order valence-electron chi connectivity index (χ1n) is 4.74. The summed E-state index contributed by atoms with van der Waals surface area (Å²) in [6, 6.07) is 0. The molecule has 0 aromatic heterocycles. The quantitative estimate of drug-likeness (QED) is 0.569. The molecule has 0 aromatic carbocycles. The minimum absolute atomic E-state index is 0.545. The maximum absolute atomic E-state index is 5.37. The summed E-state index contributed by atoms with van der Waals surface area (Å²) < 4.78 is 5.37. The zero-order chi connectivity index (χ0) is 7.57. The van der Waals surface area contributed by atoms with E-state index in [1.54, 1.807) is 0 Å². The Morgan fingerprint density at radius 3 is 2.55 bits per heavy atom. The molecule has 0 radical (unpaired) electrons. The van der Waals surface area contributed by atoms with Crippen molar-refractivity contribution in [3.05, 3.63) is 0 Å². The van der Waals surface area contributed by atoms with Crippen LogP contribution in [0.1, 0.15) is 32.1 Å². The highest BCUT2D eigenvalue weighted by Crippen LogP contribution is 2.36. The van der Waals surface area contributed by atoms with E-state index in [0.717, 1.165) is 19.8 Å². The molecular weight excluding hydrogens is 138 g/mol. The minimum atomic E-state index is 0.545. The van der Waals surface area contributed by atoms with Crippen LogP contribution in [0.2, 0.25) is 0 Å². The van der Waals surface area contributed by atoms with Crippen LogP contribution in [0.3, 0.4) is 0 Å². The summed E-state index contributed by atoms with van der Waals surface area (Å²) >= 11 is 0. The van der Waals surface area contributed by atoms with E-state index in [0.29, 0.717) is 5.54 Å². The Balaban J connectivity index is 1.86. The number of hydrogen-bond donors (Lipinski definition) is 1. The number of ether oxygens (including phenoxy) is 1. The van der Waals surface area contributed by atoms with Crippen LogP contribution in [-0.2, 0) is 4.74 Å². The SMILES string of the molecule is C1COCCNC2(C1)CCC2. The molecule has 0 aromatic rings. The number of nitrogens with one attached hydrogen (secondary N) is 1. The monoisotopic (exact) mass is 155 g/mol. The van der Waals surface area contributed by atoms with Crippen LogP contribution in [0.25, 0.3) is 0 Å². The molecule has 2 aliphatic rings. The molecule has 1 N–H and O–H groups in total. The lowest BCUT2D eigenvalue weighted by Crippen LogP contribution is -2.52. The molecule has 0 amide bonds. The maximum Gasteiger partial charge on any atom is 0.0591 e. The Morgan fingerprint density at radius 2 is 1.82 bits per heavy atom. The molecule has 0 bridgehead atoms. The minimum Gasteiger partial charge on any atom is -0.380 e. The first-order chi connectivity index (χ1) is 5.41. The summed E-state index contributed by atoms with van der Waals surface area (Å²) in [7, 11) is 0. The van der Waals surface area contributed by atoms with Crippen LogP contribution < -0.4 is 5.32 Å². The van der Waals surface area contributed by atoms with Crippen LogP contribution in [0.5, 0.6) is 0 Å². The average molecular weight is 155 g/mol. The molecule has 1 heterocycles. The lowest BCUT2D eigenvalue weighted by molar-refractivity contribution is 0.0685. The molecule has 1 aliphatic carbocycles. The second-order valence-corrected chi connectivity index (χ2v) is 3.78. The van der Waals surface area contributed by atoms with E-state index in [9.17, 15) is 0 Å². The second-order valence-electron chi connectivity index (χ2n) is 3.78. The summed E-state index contributed by atoms with van der Waals surface area (Å²) in [6.45, 7) is 2.94. The summed E-state index contributed by atoms with van der Waals surface area (Å²) in [5.74, 6) is 0. The summed E-state index contributed by atoms with van der Waals surface area (Å²) in [5, 5.41) is 3.61. The smallest absolute Gasteiger partial charge is 0.0591 e. The van der Waals surface area contributed by atoms with Crippen LogP contribution in [0.15, 0.2) is 0 Å². The van der Waals surface area contributed by atoms with Gasteiger partial charge >= 0.3 is 0 Å². The number of hydrogen-bond acceptors (Lipinski definition) is 2. The van der Waals surface area contributed by atoms with Crippen LogP contribution in [-0.4, -0.2) is 25.3 Å². The van der Waals surface area contributed by atoms with Gasteiger partial charge in [-0.2, -0.15) is 0 Å². The molecule has 0 unspecified atom stereocenters. The van der Waals surface area contributed by atoms with Crippen molar-refractivity contribution < 1.29 is 4.74 Å². The van der Waals surface area contributed by atoms with E-state index in [2.05, 4.69) is 5.32 Å². The van der Waals surface area contributed by atoms with Crippen molar-refractivity contribution in [1.29, 1.82) is 0 Å².